The third kappa shape index (κ3) is 3.85. The number of amides is 1. The van der Waals surface area contributed by atoms with Gasteiger partial charge in [-0.3, -0.25) is 4.79 Å². The molecule has 2 rings (SSSR count). The summed E-state index contributed by atoms with van der Waals surface area (Å²) in [5.74, 6) is -1.31. The molecule has 0 unspecified atom stereocenters. The van der Waals surface area contributed by atoms with E-state index in [-0.39, 0.29) is 5.16 Å². The van der Waals surface area contributed by atoms with Crippen LogP contribution in [0.15, 0.2) is 41.8 Å². The summed E-state index contributed by atoms with van der Waals surface area (Å²) in [5, 5.41) is 2.22. The van der Waals surface area contributed by atoms with Gasteiger partial charge in [0.1, 0.15) is 5.75 Å². The SMILES string of the molecule is Cc1ccc(NC(=O)CS(=O)(=O)c2ncccn2)cc1C. The molecule has 21 heavy (non-hydrogen) atoms. The van der Waals surface area contributed by atoms with Gasteiger partial charge in [-0.2, -0.15) is 0 Å². The molecule has 0 aliphatic rings. The third-order valence-corrected chi connectivity index (χ3v) is 4.34. The number of hydrogen-bond acceptors (Lipinski definition) is 5. The number of carbonyl (C=O) groups is 1. The Hall–Kier alpha value is -2.28. The van der Waals surface area contributed by atoms with Crippen LogP contribution >= 0.6 is 0 Å². The molecule has 0 atom stereocenters. The summed E-state index contributed by atoms with van der Waals surface area (Å²) in [5.41, 5.74) is 2.67. The summed E-state index contributed by atoms with van der Waals surface area (Å²) in [6.45, 7) is 3.87. The van der Waals surface area contributed by atoms with Gasteiger partial charge in [0.2, 0.25) is 20.9 Å². The Kier molecular flexibility index (Phi) is 4.32. The van der Waals surface area contributed by atoms with Crippen molar-refractivity contribution >= 4 is 21.4 Å². The number of hydrogen-bond donors (Lipinski definition) is 1. The highest BCUT2D eigenvalue weighted by Crippen LogP contribution is 2.14. The molecule has 1 N–H and O–H groups in total. The van der Waals surface area contributed by atoms with Gasteiger partial charge in [-0.1, -0.05) is 6.07 Å². The fourth-order valence-electron chi connectivity index (χ4n) is 1.70. The number of benzene rings is 1. The van der Waals surface area contributed by atoms with Crippen LogP contribution in [0.2, 0.25) is 0 Å². The van der Waals surface area contributed by atoms with E-state index in [1.165, 1.54) is 18.5 Å². The fourth-order valence-corrected chi connectivity index (χ4v) is 2.69. The molecule has 0 radical (unpaired) electrons. The summed E-state index contributed by atoms with van der Waals surface area (Å²) in [6, 6.07) is 6.89. The van der Waals surface area contributed by atoms with Crippen molar-refractivity contribution < 1.29 is 13.2 Å². The maximum Gasteiger partial charge on any atom is 0.247 e. The van der Waals surface area contributed by atoms with Crippen LogP contribution in [0, 0.1) is 13.8 Å². The van der Waals surface area contributed by atoms with Crippen molar-refractivity contribution in [3.05, 3.63) is 47.8 Å². The minimum Gasteiger partial charge on any atom is -0.325 e. The highest BCUT2D eigenvalue weighted by Gasteiger charge is 2.22. The molecule has 6 nitrogen and oxygen atoms in total. The molecule has 0 saturated heterocycles. The molecule has 1 amide bonds. The minimum atomic E-state index is -3.83. The molecule has 7 heteroatoms. The minimum absolute atomic E-state index is 0.347. The predicted octanol–water partition coefficient (Wildman–Crippen LogP) is 1.51. The molecular formula is C14H15N3O3S. The molecule has 0 bridgehead atoms. The average molecular weight is 305 g/mol. The Balaban J connectivity index is 2.10. The van der Waals surface area contributed by atoms with E-state index in [0.29, 0.717) is 5.69 Å². The van der Waals surface area contributed by atoms with Crippen molar-refractivity contribution in [3.8, 4) is 0 Å². The summed E-state index contributed by atoms with van der Waals surface area (Å²) in [4.78, 5) is 19.2. The van der Waals surface area contributed by atoms with Crippen LogP contribution in [0.25, 0.3) is 0 Å². The van der Waals surface area contributed by atoms with Crippen LogP contribution in [0.5, 0.6) is 0 Å². The number of rotatable bonds is 4. The Bertz CT molecular complexity index is 758. The molecular weight excluding hydrogens is 290 g/mol. The van der Waals surface area contributed by atoms with E-state index >= 15 is 0 Å². The van der Waals surface area contributed by atoms with Crippen molar-refractivity contribution in [1.29, 1.82) is 0 Å². The monoisotopic (exact) mass is 305 g/mol. The first-order chi connectivity index (χ1) is 9.88. The smallest absolute Gasteiger partial charge is 0.247 e. The largest absolute Gasteiger partial charge is 0.325 e. The summed E-state index contributed by atoms with van der Waals surface area (Å²) in [7, 11) is -3.83. The zero-order valence-electron chi connectivity index (χ0n) is 11.7. The normalized spacial score (nSPS) is 11.1. The van der Waals surface area contributed by atoms with E-state index in [4.69, 9.17) is 0 Å². The van der Waals surface area contributed by atoms with Crippen molar-refractivity contribution in [1.82, 2.24) is 9.97 Å². The van der Waals surface area contributed by atoms with Gasteiger partial charge in [0.05, 0.1) is 0 Å². The Morgan fingerprint density at radius 1 is 1.14 bits per heavy atom. The number of sulfone groups is 1. The quantitative estimate of drug-likeness (QED) is 0.865. The van der Waals surface area contributed by atoms with Gasteiger partial charge in [-0.15, -0.1) is 0 Å². The van der Waals surface area contributed by atoms with E-state index in [1.54, 1.807) is 12.1 Å². The second kappa shape index (κ2) is 6.01. The van der Waals surface area contributed by atoms with Crippen LogP contribution in [0.1, 0.15) is 11.1 Å². The first kappa shape index (κ1) is 15.1. The topological polar surface area (TPSA) is 89.0 Å². The van der Waals surface area contributed by atoms with Gasteiger partial charge in [0.15, 0.2) is 0 Å². The van der Waals surface area contributed by atoms with E-state index in [1.807, 2.05) is 19.9 Å². The first-order valence-electron chi connectivity index (χ1n) is 6.25. The van der Waals surface area contributed by atoms with E-state index in [9.17, 15) is 13.2 Å². The number of nitrogens with one attached hydrogen (secondary N) is 1. The molecule has 0 aliphatic heterocycles. The van der Waals surface area contributed by atoms with Crippen molar-refractivity contribution in [3.63, 3.8) is 0 Å². The number of anilines is 1. The van der Waals surface area contributed by atoms with Crippen LogP contribution in [-0.4, -0.2) is 30.0 Å². The number of nitrogens with zero attached hydrogens (tertiary/aromatic N) is 2. The second-order valence-electron chi connectivity index (χ2n) is 4.64. The first-order valence-corrected chi connectivity index (χ1v) is 7.90. The zero-order valence-corrected chi connectivity index (χ0v) is 12.5. The molecule has 0 saturated carbocycles. The van der Waals surface area contributed by atoms with Gasteiger partial charge in [0.25, 0.3) is 0 Å². The number of carbonyl (C=O) groups excluding carboxylic acids is 1. The summed E-state index contributed by atoms with van der Waals surface area (Å²) < 4.78 is 23.9. The molecule has 1 heterocycles. The number of aryl methyl sites for hydroxylation is 2. The maximum atomic E-state index is 12.0. The molecule has 1 aromatic heterocycles. The zero-order chi connectivity index (χ0) is 15.5. The summed E-state index contributed by atoms with van der Waals surface area (Å²) >= 11 is 0. The van der Waals surface area contributed by atoms with E-state index < -0.39 is 21.5 Å². The van der Waals surface area contributed by atoms with Crippen molar-refractivity contribution in [2.75, 3.05) is 11.1 Å². The highest BCUT2D eigenvalue weighted by atomic mass is 32.2. The van der Waals surface area contributed by atoms with Crippen molar-refractivity contribution in [2.45, 2.75) is 19.0 Å². The maximum absolute atomic E-state index is 12.0. The highest BCUT2D eigenvalue weighted by molar-refractivity contribution is 7.91. The van der Waals surface area contributed by atoms with Gasteiger partial charge in [-0.25, -0.2) is 18.4 Å². The molecule has 110 valence electrons. The lowest BCUT2D eigenvalue weighted by molar-refractivity contribution is -0.113. The lowest BCUT2D eigenvalue weighted by Crippen LogP contribution is -2.24. The van der Waals surface area contributed by atoms with Gasteiger partial charge < -0.3 is 5.32 Å². The van der Waals surface area contributed by atoms with Crippen LogP contribution in [0.3, 0.4) is 0 Å². The third-order valence-electron chi connectivity index (χ3n) is 2.93. The fraction of sp³-hybridized carbons (Fsp3) is 0.214. The standard InChI is InChI=1S/C14H15N3O3S/c1-10-4-5-12(8-11(10)2)17-13(18)9-21(19,20)14-15-6-3-7-16-14/h3-8H,9H2,1-2H3,(H,17,18). The second-order valence-corrected chi connectivity index (χ2v) is 6.52. The predicted molar refractivity (Wildman–Crippen MR) is 78.6 cm³/mol. The molecule has 0 aliphatic carbocycles. The average Bonchev–Trinajstić information content (AvgIpc) is 2.43. The Morgan fingerprint density at radius 3 is 2.43 bits per heavy atom. The lowest BCUT2D eigenvalue weighted by atomic mass is 10.1. The van der Waals surface area contributed by atoms with Gasteiger partial charge in [-0.05, 0) is 43.2 Å². The molecule has 0 fully saturated rings. The number of aromatic nitrogens is 2. The van der Waals surface area contributed by atoms with Gasteiger partial charge in [0, 0.05) is 18.1 Å². The van der Waals surface area contributed by atoms with Crippen molar-refractivity contribution in [2.24, 2.45) is 0 Å². The van der Waals surface area contributed by atoms with E-state index in [2.05, 4.69) is 15.3 Å². The molecule has 1 aromatic carbocycles. The Labute approximate surface area is 123 Å². The van der Waals surface area contributed by atoms with Crippen LogP contribution in [-0.2, 0) is 14.6 Å². The van der Waals surface area contributed by atoms with Crippen LogP contribution in [0.4, 0.5) is 5.69 Å². The molecule has 0 spiro atoms. The van der Waals surface area contributed by atoms with Crippen LogP contribution < -0.4 is 5.32 Å². The van der Waals surface area contributed by atoms with Gasteiger partial charge >= 0.3 is 0 Å². The Morgan fingerprint density at radius 2 is 1.81 bits per heavy atom. The lowest BCUT2D eigenvalue weighted by Gasteiger charge is -2.07. The summed E-state index contributed by atoms with van der Waals surface area (Å²) in [6.07, 6.45) is 2.64. The van der Waals surface area contributed by atoms with E-state index in [0.717, 1.165) is 11.1 Å². The molecule has 2 aromatic rings.